The van der Waals surface area contributed by atoms with Crippen LogP contribution in [0.3, 0.4) is 0 Å². The zero-order valence-electron chi connectivity index (χ0n) is 13.2. The molecule has 0 radical (unpaired) electrons. The first-order valence-electron chi connectivity index (χ1n) is 7.31. The number of amides is 2. The highest BCUT2D eigenvalue weighted by Gasteiger charge is 2.25. The molecule has 11 nitrogen and oxygen atoms in total. The van der Waals surface area contributed by atoms with Crippen LogP contribution in [0.5, 0.6) is 0 Å². The summed E-state index contributed by atoms with van der Waals surface area (Å²) in [4.78, 5) is 23.8. The lowest BCUT2D eigenvalue weighted by Crippen LogP contribution is -2.29. The van der Waals surface area contributed by atoms with Crippen LogP contribution in [-0.4, -0.2) is 42.3 Å². The normalized spacial score (nSPS) is 11.7. The summed E-state index contributed by atoms with van der Waals surface area (Å²) in [5.74, 6) is -0.770. The molecule has 0 spiro atoms. The van der Waals surface area contributed by atoms with Gasteiger partial charge >= 0.3 is 0 Å². The predicted octanol–water partition coefficient (Wildman–Crippen LogP) is 0.437. The fourth-order valence-corrected chi connectivity index (χ4v) is 2.17. The van der Waals surface area contributed by atoms with E-state index in [4.69, 9.17) is 0 Å². The smallest absolute Gasteiger partial charge is 0.251 e. The molecule has 3 rings (SSSR count). The maximum absolute atomic E-state index is 12.7. The Hall–Kier alpha value is -3.63. The van der Waals surface area contributed by atoms with Gasteiger partial charge in [0.15, 0.2) is 0 Å². The van der Waals surface area contributed by atoms with Gasteiger partial charge in [-0.05, 0) is 26.3 Å². The molecular weight excluding hydrogens is 328 g/mol. The minimum absolute atomic E-state index is 0.00587. The van der Waals surface area contributed by atoms with E-state index in [9.17, 15) is 9.59 Å². The first-order valence-corrected chi connectivity index (χ1v) is 7.31. The molecule has 0 fully saturated rings. The molecule has 2 N–H and O–H groups in total. The maximum atomic E-state index is 12.7. The number of carbonyl (C=O) groups excluding carboxylic acids is 2. The van der Waals surface area contributed by atoms with E-state index in [-0.39, 0.29) is 17.5 Å². The number of nitrogens with zero attached hydrogens (tertiary/aromatic N) is 6. The van der Waals surface area contributed by atoms with Gasteiger partial charge in [-0.1, -0.05) is 30.3 Å². The van der Waals surface area contributed by atoms with Crippen LogP contribution in [0.15, 0.2) is 41.3 Å². The average Bonchev–Trinajstić information content (AvgIpc) is 3.26. The lowest BCUT2D eigenvalue weighted by atomic mass is 10.1. The molecule has 0 saturated heterocycles. The Kier molecular flexibility index (Phi) is 4.74. The molecule has 0 bridgehead atoms. The standard InChI is InChI=1S/C14H14N8O3/c1-9(23)16-12-13(19-25-18-12)17-14(24)11(22-8-15-20-21-22)7-10-5-3-2-4-6-10/h2-6,8,11H,7H2,1H3,(H,16,18,23)(H,17,19,24). The van der Waals surface area contributed by atoms with Crippen LogP contribution in [0.25, 0.3) is 0 Å². The van der Waals surface area contributed by atoms with E-state index in [2.05, 4.69) is 41.1 Å². The van der Waals surface area contributed by atoms with E-state index in [1.54, 1.807) is 0 Å². The number of carbonyl (C=O) groups is 2. The summed E-state index contributed by atoms with van der Waals surface area (Å²) in [6.07, 6.45) is 1.71. The van der Waals surface area contributed by atoms with Crippen LogP contribution in [0.1, 0.15) is 18.5 Å². The van der Waals surface area contributed by atoms with Gasteiger partial charge in [0.1, 0.15) is 12.4 Å². The van der Waals surface area contributed by atoms with E-state index in [1.165, 1.54) is 17.9 Å². The molecule has 2 heterocycles. The molecule has 0 saturated carbocycles. The Morgan fingerprint density at radius 2 is 1.88 bits per heavy atom. The third-order valence-corrected chi connectivity index (χ3v) is 3.28. The van der Waals surface area contributed by atoms with Gasteiger partial charge in [0, 0.05) is 13.3 Å². The van der Waals surface area contributed by atoms with Crippen molar-refractivity contribution in [3.8, 4) is 0 Å². The van der Waals surface area contributed by atoms with E-state index >= 15 is 0 Å². The number of benzene rings is 1. The largest absolute Gasteiger partial charge is 0.305 e. The predicted molar refractivity (Wildman–Crippen MR) is 84.2 cm³/mol. The van der Waals surface area contributed by atoms with E-state index in [0.29, 0.717) is 6.42 Å². The molecule has 2 amide bonds. The lowest BCUT2D eigenvalue weighted by molar-refractivity contribution is -0.119. The van der Waals surface area contributed by atoms with Crippen LogP contribution in [-0.2, 0) is 16.0 Å². The van der Waals surface area contributed by atoms with E-state index < -0.39 is 11.9 Å². The second-order valence-electron chi connectivity index (χ2n) is 5.13. The van der Waals surface area contributed by atoms with Crippen LogP contribution in [0.2, 0.25) is 0 Å². The van der Waals surface area contributed by atoms with Crippen molar-refractivity contribution >= 4 is 23.5 Å². The first-order chi connectivity index (χ1) is 12.1. The number of rotatable bonds is 6. The highest BCUT2D eigenvalue weighted by atomic mass is 16.6. The van der Waals surface area contributed by atoms with Crippen molar-refractivity contribution in [2.75, 3.05) is 10.6 Å². The molecule has 0 aliphatic rings. The summed E-state index contributed by atoms with van der Waals surface area (Å²) >= 11 is 0. The summed E-state index contributed by atoms with van der Waals surface area (Å²) in [7, 11) is 0. The molecule has 1 aromatic carbocycles. The van der Waals surface area contributed by atoms with Crippen LogP contribution >= 0.6 is 0 Å². The van der Waals surface area contributed by atoms with Gasteiger partial charge in [-0.2, -0.15) is 0 Å². The SMILES string of the molecule is CC(=O)Nc1nonc1NC(=O)C(Cc1ccccc1)n1cnnn1. The van der Waals surface area contributed by atoms with Gasteiger partial charge in [0.05, 0.1) is 0 Å². The third-order valence-electron chi connectivity index (χ3n) is 3.28. The lowest BCUT2D eigenvalue weighted by Gasteiger charge is -2.15. The zero-order valence-corrected chi connectivity index (χ0v) is 13.2. The molecule has 0 aliphatic heterocycles. The number of nitrogens with one attached hydrogen (secondary N) is 2. The topological polar surface area (TPSA) is 141 Å². The molecule has 25 heavy (non-hydrogen) atoms. The van der Waals surface area contributed by atoms with Crippen molar-refractivity contribution < 1.29 is 14.2 Å². The summed E-state index contributed by atoms with van der Waals surface area (Å²) in [5.41, 5.74) is 0.929. The minimum atomic E-state index is -0.723. The van der Waals surface area contributed by atoms with Crippen LogP contribution < -0.4 is 10.6 Å². The van der Waals surface area contributed by atoms with Crippen molar-refractivity contribution in [1.29, 1.82) is 0 Å². The second kappa shape index (κ2) is 7.29. The molecular formula is C14H14N8O3. The number of aromatic nitrogens is 6. The molecule has 2 aromatic heterocycles. The first kappa shape index (κ1) is 16.2. The quantitative estimate of drug-likeness (QED) is 0.657. The fraction of sp³-hybridized carbons (Fsp3) is 0.214. The Bertz CT molecular complexity index is 846. The van der Waals surface area contributed by atoms with Crippen molar-refractivity contribution in [3.63, 3.8) is 0 Å². The molecule has 3 aromatic rings. The molecule has 1 unspecified atom stereocenters. The summed E-state index contributed by atoms with van der Waals surface area (Å²) < 4.78 is 5.90. The van der Waals surface area contributed by atoms with Crippen LogP contribution in [0.4, 0.5) is 11.6 Å². The fourth-order valence-electron chi connectivity index (χ4n) is 2.17. The van der Waals surface area contributed by atoms with Crippen LogP contribution in [0, 0.1) is 0 Å². The second-order valence-corrected chi connectivity index (χ2v) is 5.13. The summed E-state index contributed by atoms with van der Waals surface area (Å²) in [5, 5.41) is 23.0. The van der Waals surface area contributed by atoms with Gasteiger partial charge in [0.25, 0.3) is 5.91 Å². The Morgan fingerprint density at radius 3 is 2.52 bits per heavy atom. The molecule has 128 valence electrons. The van der Waals surface area contributed by atoms with Crippen molar-refractivity contribution in [1.82, 2.24) is 30.5 Å². The molecule has 11 heteroatoms. The summed E-state index contributed by atoms with van der Waals surface area (Å²) in [6, 6.07) is 8.70. The maximum Gasteiger partial charge on any atom is 0.251 e. The number of tetrazole rings is 1. The van der Waals surface area contributed by atoms with Crippen molar-refractivity contribution in [3.05, 3.63) is 42.2 Å². The molecule has 0 aliphatic carbocycles. The van der Waals surface area contributed by atoms with E-state index in [1.807, 2.05) is 30.3 Å². The Labute approximate surface area is 141 Å². The van der Waals surface area contributed by atoms with E-state index in [0.717, 1.165) is 5.56 Å². The Morgan fingerprint density at radius 1 is 1.16 bits per heavy atom. The highest BCUT2D eigenvalue weighted by Crippen LogP contribution is 2.19. The third kappa shape index (κ3) is 4.02. The summed E-state index contributed by atoms with van der Waals surface area (Å²) in [6.45, 7) is 1.31. The van der Waals surface area contributed by atoms with Gasteiger partial charge in [0.2, 0.25) is 17.5 Å². The highest BCUT2D eigenvalue weighted by molar-refractivity contribution is 5.97. The molecule has 1 atom stereocenters. The minimum Gasteiger partial charge on any atom is -0.305 e. The van der Waals surface area contributed by atoms with Crippen molar-refractivity contribution in [2.45, 2.75) is 19.4 Å². The number of hydrogen-bond acceptors (Lipinski definition) is 8. The number of hydrogen-bond donors (Lipinski definition) is 2. The average molecular weight is 342 g/mol. The monoisotopic (exact) mass is 342 g/mol. The Balaban J connectivity index is 1.80. The van der Waals surface area contributed by atoms with Gasteiger partial charge in [-0.3, -0.25) is 9.59 Å². The van der Waals surface area contributed by atoms with Gasteiger partial charge in [-0.15, -0.1) is 5.10 Å². The van der Waals surface area contributed by atoms with Gasteiger partial charge in [-0.25, -0.2) is 9.31 Å². The number of anilines is 2. The zero-order chi connectivity index (χ0) is 17.6. The van der Waals surface area contributed by atoms with Gasteiger partial charge < -0.3 is 10.6 Å². The van der Waals surface area contributed by atoms with Crippen molar-refractivity contribution in [2.24, 2.45) is 0 Å².